The summed E-state index contributed by atoms with van der Waals surface area (Å²) >= 11 is 0. The average molecular weight is 212 g/mol. The molecule has 0 spiro atoms. The van der Waals surface area contributed by atoms with E-state index in [4.69, 9.17) is 4.79 Å². The second kappa shape index (κ2) is 12.9. The summed E-state index contributed by atoms with van der Waals surface area (Å²) in [6.45, 7) is 20.1. The zero-order valence-corrected chi connectivity index (χ0v) is 11.0. The van der Waals surface area contributed by atoms with Crippen molar-refractivity contribution in [3.05, 3.63) is 37.0 Å². The van der Waals surface area contributed by atoms with Crippen LogP contribution >= 0.6 is 0 Å². The minimum Gasteiger partial charge on any atom is -0.307 e. The fraction of sp³-hybridized carbons (Fsp3) is 0.500. The smallest absolute Gasteiger partial charge is 0.106 e. The second-order valence-electron chi connectivity index (χ2n) is 3.30. The molecule has 15 heavy (non-hydrogen) atoms. The van der Waals surface area contributed by atoms with Crippen LogP contribution in [0.25, 0.3) is 0 Å². The van der Waals surface area contributed by atoms with E-state index < -0.39 is 0 Å². The molecule has 0 aromatic carbocycles. The van der Waals surface area contributed by atoms with Gasteiger partial charge < -0.3 is 4.79 Å². The third-order valence-corrected chi connectivity index (χ3v) is 2.18. The van der Waals surface area contributed by atoms with Gasteiger partial charge in [0.05, 0.1) is 0 Å². The molecule has 0 heterocycles. The minimum atomic E-state index is 0. The van der Waals surface area contributed by atoms with E-state index in [1.54, 1.807) is 0 Å². The highest BCUT2D eigenvalue weighted by molar-refractivity contribution is 5.27. The molecule has 0 bridgehead atoms. The monoisotopic (exact) mass is 212 g/mol. The van der Waals surface area contributed by atoms with Crippen LogP contribution in [-0.4, -0.2) is 6.79 Å². The quantitative estimate of drug-likeness (QED) is 0.611. The van der Waals surface area contributed by atoms with E-state index in [2.05, 4.69) is 33.9 Å². The Morgan fingerprint density at radius 3 is 1.87 bits per heavy atom. The molecule has 0 radical (unpaired) electrons. The zero-order chi connectivity index (χ0) is 12.9. The second-order valence-corrected chi connectivity index (χ2v) is 3.30. The molecule has 0 saturated heterocycles. The van der Waals surface area contributed by atoms with Crippen molar-refractivity contribution < 1.29 is 6.22 Å². The van der Waals surface area contributed by atoms with Crippen LogP contribution in [-0.2, 0) is 4.79 Å². The molecule has 0 aliphatic heterocycles. The van der Waals surface area contributed by atoms with Gasteiger partial charge in [-0.2, -0.15) is 0 Å². The van der Waals surface area contributed by atoms with E-state index in [-0.39, 0.29) is 6.84 Å². The first-order chi connectivity index (χ1) is 7.08. The molecule has 0 fully saturated rings. The lowest BCUT2D eigenvalue weighted by Gasteiger charge is -2.23. The summed E-state index contributed by atoms with van der Waals surface area (Å²) in [4.78, 5) is 8.00. The number of hydrogen-bond acceptors (Lipinski definition) is 1. The van der Waals surface area contributed by atoms with Gasteiger partial charge in [-0.15, -0.1) is 0 Å². The molecular weight excluding hydrogens is 184 g/mol. The summed E-state index contributed by atoms with van der Waals surface area (Å²) in [6, 6.07) is 0. The van der Waals surface area contributed by atoms with Gasteiger partial charge in [-0.3, -0.25) is 0 Å². The van der Waals surface area contributed by atoms with Crippen molar-refractivity contribution >= 4 is 6.79 Å². The van der Waals surface area contributed by atoms with Crippen molar-refractivity contribution in [1.29, 1.82) is 0 Å². The third kappa shape index (κ3) is 9.20. The first-order valence-electron chi connectivity index (χ1n) is 5.33. The largest absolute Gasteiger partial charge is 0.307 e. The van der Waals surface area contributed by atoms with Crippen molar-refractivity contribution in [3.63, 3.8) is 0 Å². The maximum Gasteiger partial charge on any atom is 0.106 e. The van der Waals surface area contributed by atoms with Gasteiger partial charge in [-0.1, -0.05) is 66.0 Å². The highest BCUT2D eigenvalue weighted by Gasteiger charge is 2.17. The molecule has 1 nitrogen and oxygen atoms in total. The van der Waals surface area contributed by atoms with E-state index >= 15 is 0 Å². The Morgan fingerprint density at radius 1 is 1.27 bits per heavy atom. The van der Waals surface area contributed by atoms with Gasteiger partial charge in [0.2, 0.25) is 0 Å². The van der Waals surface area contributed by atoms with Gasteiger partial charge in [-0.25, -0.2) is 0 Å². The van der Waals surface area contributed by atoms with Crippen LogP contribution in [0.5, 0.6) is 0 Å². The summed E-state index contributed by atoms with van der Waals surface area (Å²) in [5, 5.41) is 0. The molecule has 0 aromatic rings. The number of carbonyl (C=O) groups is 1. The average Bonchev–Trinajstić information content (AvgIpc) is 2.31. The fourth-order valence-corrected chi connectivity index (χ4v) is 0.901. The molecule has 0 aliphatic rings. The molecule has 0 rings (SSSR count). The predicted molar refractivity (Wildman–Crippen MR) is 73.1 cm³/mol. The van der Waals surface area contributed by atoms with Crippen LogP contribution in [0.1, 0.15) is 42.5 Å². The highest BCUT2D eigenvalue weighted by Crippen LogP contribution is 2.30. The van der Waals surface area contributed by atoms with Gasteiger partial charge in [0.1, 0.15) is 6.79 Å². The summed E-state index contributed by atoms with van der Waals surface area (Å²) in [5.41, 5.74) is 1.49. The number of rotatable bonds is 4. The normalized spacial score (nSPS) is 10.1. The summed E-state index contributed by atoms with van der Waals surface area (Å²) in [6.07, 6.45) is 6.87. The number of carbonyl (C=O) groups excluding carboxylic acids is 1. The molecule has 0 amide bonds. The Morgan fingerprint density at radius 2 is 1.67 bits per heavy atom. The Bertz CT molecular complexity index is 193. The summed E-state index contributed by atoms with van der Waals surface area (Å²) in [7, 11) is 0. The number of hydrogen-bond donors (Lipinski definition) is 0. The molecule has 0 N–H and O–H groups in total. The van der Waals surface area contributed by atoms with Crippen LogP contribution < -0.4 is 0 Å². The third-order valence-electron chi connectivity index (χ3n) is 2.18. The highest BCUT2D eigenvalue weighted by atomic mass is 16.1. The van der Waals surface area contributed by atoms with E-state index in [0.717, 1.165) is 6.42 Å². The Balaban J connectivity index is -0.000000129. The van der Waals surface area contributed by atoms with Crippen molar-refractivity contribution in [1.82, 2.24) is 0 Å². The summed E-state index contributed by atoms with van der Waals surface area (Å²) in [5.74, 6) is 0. The van der Waals surface area contributed by atoms with Gasteiger partial charge in [-0.05, 0) is 17.4 Å². The molecule has 0 aliphatic carbocycles. The maximum atomic E-state index is 8.00. The molecular formula is C14H28O. The number of allylic oxidation sites excluding steroid dienone is 4. The lowest BCUT2D eigenvalue weighted by atomic mass is 9.81. The van der Waals surface area contributed by atoms with Crippen LogP contribution in [0, 0.1) is 5.41 Å². The van der Waals surface area contributed by atoms with Gasteiger partial charge in [0.15, 0.2) is 0 Å². The molecule has 1 heteroatoms. The van der Waals surface area contributed by atoms with Crippen molar-refractivity contribution in [2.24, 2.45) is 5.41 Å². The fourth-order valence-electron chi connectivity index (χ4n) is 0.901. The van der Waals surface area contributed by atoms with E-state index in [9.17, 15) is 0 Å². The van der Waals surface area contributed by atoms with E-state index in [1.807, 2.05) is 38.9 Å². The standard InChI is InChI=1S/C11H18.C2H6.CH2O.H2/c1-6-9-10(7-2)11(4,5)8-3;2*1-2;/h6-7,9H,1-2,8H2,3-5H3;1-2H3;1H2;1H/b10-9+;;;. The molecule has 0 saturated carbocycles. The van der Waals surface area contributed by atoms with Gasteiger partial charge in [0, 0.05) is 1.43 Å². The topological polar surface area (TPSA) is 17.1 Å². The van der Waals surface area contributed by atoms with Crippen LogP contribution in [0.3, 0.4) is 0 Å². The molecule has 90 valence electrons. The van der Waals surface area contributed by atoms with Crippen molar-refractivity contribution in [2.75, 3.05) is 0 Å². The lowest BCUT2D eigenvalue weighted by molar-refractivity contribution is -0.0979. The SMILES string of the molecule is C=C/C=C(\C=C)C(C)(C)CC.C=O.CC.[HH]. The van der Waals surface area contributed by atoms with Crippen molar-refractivity contribution in [2.45, 2.75) is 41.0 Å². The minimum absolute atomic E-state index is 0. The molecule has 0 aromatic heterocycles. The first-order valence-corrected chi connectivity index (χ1v) is 5.33. The maximum absolute atomic E-state index is 8.00. The Kier molecular flexibility index (Phi) is 16.7. The van der Waals surface area contributed by atoms with Crippen LogP contribution in [0.15, 0.2) is 37.0 Å². The van der Waals surface area contributed by atoms with E-state index in [0.29, 0.717) is 0 Å². The van der Waals surface area contributed by atoms with Gasteiger partial charge >= 0.3 is 0 Å². The Hall–Kier alpha value is -1.11. The van der Waals surface area contributed by atoms with Crippen LogP contribution in [0.2, 0.25) is 0 Å². The lowest BCUT2D eigenvalue weighted by Crippen LogP contribution is -2.11. The first kappa shape index (κ1) is 19.5. The van der Waals surface area contributed by atoms with Crippen LogP contribution in [0.4, 0.5) is 0 Å². The van der Waals surface area contributed by atoms with Gasteiger partial charge in [0.25, 0.3) is 0 Å². The predicted octanol–water partition coefficient (Wildman–Crippen LogP) is 4.81. The van der Waals surface area contributed by atoms with E-state index in [1.165, 1.54) is 5.57 Å². The summed E-state index contributed by atoms with van der Waals surface area (Å²) < 4.78 is 0. The molecule has 0 atom stereocenters. The Labute approximate surface area is 97.1 Å². The van der Waals surface area contributed by atoms with Crippen molar-refractivity contribution in [3.8, 4) is 0 Å². The molecule has 0 unspecified atom stereocenters. The zero-order valence-electron chi connectivity index (χ0n) is 11.0.